The number of nitrogens with zero attached hydrogens (tertiary/aromatic N) is 1. The van der Waals surface area contributed by atoms with E-state index in [1.165, 1.54) is 19.2 Å². The number of ether oxygens (including phenoxy) is 2. The molecule has 1 saturated heterocycles. The topological polar surface area (TPSA) is 72.9 Å². The third-order valence-corrected chi connectivity index (χ3v) is 4.75. The van der Waals surface area contributed by atoms with Crippen molar-refractivity contribution < 1.29 is 28.2 Å². The van der Waals surface area contributed by atoms with E-state index < -0.39 is 11.8 Å². The molecule has 2 amide bonds. The van der Waals surface area contributed by atoms with Gasteiger partial charge in [-0.2, -0.15) is 0 Å². The molecule has 1 heterocycles. The van der Waals surface area contributed by atoms with E-state index in [9.17, 15) is 18.8 Å². The Labute approximate surface area is 150 Å². The average Bonchev–Trinajstić information content (AvgIpc) is 2.89. The second kappa shape index (κ2) is 7.68. The smallest absolute Gasteiger partial charge is 0.307 e. The highest BCUT2D eigenvalue weighted by molar-refractivity contribution is 6.05. The molecule has 0 saturated carbocycles. The fourth-order valence-corrected chi connectivity index (χ4v) is 3.33. The first kappa shape index (κ1) is 18.1. The summed E-state index contributed by atoms with van der Waals surface area (Å²) < 4.78 is 23.5. The number of fused-ring (bicyclic) bond motifs is 1. The highest BCUT2D eigenvalue weighted by Crippen LogP contribution is 2.35. The number of halogens is 1. The quantitative estimate of drug-likeness (QED) is 0.441. The number of imide groups is 1. The molecular weight excluding hydrogens is 341 g/mol. The van der Waals surface area contributed by atoms with Crippen LogP contribution >= 0.6 is 0 Å². The third-order valence-electron chi connectivity index (χ3n) is 4.75. The van der Waals surface area contributed by atoms with E-state index in [0.717, 1.165) is 4.90 Å². The third kappa shape index (κ3) is 3.61. The summed E-state index contributed by atoms with van der Waals surface area (Å²) >= 11 is 0. The van der Waals surface area contributed by atoms with Crippen LogP contribution in [0.3, 0.4) is 0 Å². The summed E-state index contributed by atoms with van der Waals surface area (Å²) in [6.07, 6.45) is 4.89. The summed E-state index contributed by atoms with van der Waals surface area (Å²) in [6.45, 7) is -0.0721. The Morgan fingerprint density at radius 1 is 1.19 bits per heavy atom. The second-order valence-corrected chi connectivity index (χ2v) is 6.36. The molecule has 1 aliphatic heterocycles. The molecule has 1 aromatic rings. The number of amides is 2. The molecule has 0 bridgehead atoms. The van der Waals surface area contributed by atoms with Gasteiger partial charge in [-0.05, 0) is 30.5 Å². The first-order valence-corrected chi connectivity index (χ1v) is 8.49. The van der Waals surface area contributed by atoms with Crippen molar-refractivity contribution in [3.05, 3.63) is 41.7 Å². The van der Waals surface area contributed by atoms with Crippen molar-refractivity contribution in [1.29, 1.82) is 0 Å². The molecular formula is C19H20FNO5. The maximum Gasteiger partial charge on any atom is 0.307 e. The highest BCUT2D eigenvalue weighted by Gasteiger charge is 2.46. The number of esters is 1. The minimum absolute atomic E-state index is 0.0144. The van der Waals surface area contributed by atoms with Crippen LogP contribution < -0.4 is 4.74 Å². The van der Waals surface area contributed by atoms with Gasteiger partial charge in [0.05, 0.1) is 25.4 Å². The minimum Gasteiger partial charge on any atom is -0.494 e. The van der Waals surface area contributed by atoms with Crippen molar-refractivity contribution in [3.8, 4) is 5.75 Å². The van der Waals surface area contributed by atoms with E-state index in [4.69, 9.17) is 9.47 Å². The zero-order chi connectivity index (χ0) is 18.7. The Balaban J connectivity index is 1.49. The number of hydrogen-bond donors (Lipinski definition) is 0. The fraction of sp³-hybridized carbons (Fsp3) is 0.421. The molecule has 0 aromatic heterocycles. The van der Waals surface area contributed by atoms with Crippen LogP contribution in [0.15, 0.2) is 30.4 Å². The molecule has 0 radical (unpaired) electrons. The van der Waals surface area contributed by atoms with Crippen LogP contribution in [-0.4, -0.2) is 36.3 Å². The van der Waals surface area contributed by atoms with Crippen LogP contribution in [0.25, 0.3) is 0 Å². The molecule has 1 aliphatic carbocycles. The molecule has 0 spiro atoms. The van der Waals surface area contributed by atoms with Gasteiger partial charge in [0.25, 0.3) is 0 Å². The predicted octanol–water partition coefficient (Wildman–Crippen LogP) is 2.22. The van der Waals surface area contributed by atoms with Crippen LogP contribution in [0.5, 0.6) is 5.75 Å². The lowest BCUT2D eigenvalue weighted by molar-refractivity contribution is -0.146. The number of allylic oxidation sites excluding steroid dienone is 2. The normalized spacial score (nSPS) is 21.7. The summed E-state index contributed by atoms with van der Waals surface area (Å²) in [6, 6.07) is 4.29. The van der Waals surface area contributed by atoms with Gasteiger partial charge in [-0.15, -0.1) is 0 Å². The van der Waals surface area contributed by atoms with Crippen molar-refractivity contribution in [2.45, 2.75) is 25.9 Å². The Morgan fingerprint density at radius 2 is 1.85 bits per heavy atom. The van der Waals surface area contributed by atoms with Crippen LogP contribution in [0.1, 0.15) is 24.8 Å². The van der Waals surface area contributed by atoms with Gasteiger partial charge in [0, 0.05) is 6.54 Å². The summed E-state index contributed by atoms with van der Waals surface area (Å²) in [4.78, 5) is 37.7. The van der Waals surface area contributed by atoms with Gasteiger partial charge < -0.3 is 9.47 Å². The summed E-state index contributed by atoms with van der Waals surface area (Å²) in [5, 5.41) is 0. The molecule has 26 heavy (non-hydrogen) atoms. The molecule has 0 N–H and O–H groups in total. The van der Waals surface area contributed by atoms with Crippen LogP contribution in [0.2, 0.25) is 0 Å². The summed E-state index contributed by atoms with van der Waals surface area (Å²) in [5.74, 6) is -2.00. The minimum atomic E-state index is -0.546. The molecule has 2 atom stereocenters. The average molecular weight is 361 g/mol. The molecule has 0 unspecified atom stereocenters. The Kier molecular flexibility index (Phi) is 5.35. The van der Waals surface area contributed by atoms with E-state index in [0.29, 0.717) is 18.4 Å². The van der Waals surface area contributed by atoms with Crippen molar-refractivity contribution in [3.63, 3.8) is 0 Å². The lowest BCUT2D eigenvalue weighted by Gasteiger charge is -2.14. The molecule has 7 heteroatoms. The van der Waals surface area contributed by atoms with Crippen molar-refractivity contribution >= 4 is 17.8 Å². The van der Waals surface area contributed by atoms with E-state index in [-0.39, 0.29) is 49.0 Å². The van der Waals surface area contributed by atoms with Crippen molar-refractivity contribution in [2.24, 2.45) is 11.8 Å². The molecule has 6 nitrogen and oxygen atoms in total. The maximum atomic E-state index is 13.6. The zero-order valence-electron chi connectivity index (χ0n) is 14.4. The van der Waals surface area contributed by atoms with Gasteiger partial charge in [0.15, 0.2) is 11.6 Å². The lowest BCUT2D eigenvalue weighted by Crippen LogP contribution is -2.33. The molecule has 1 aromatic carbocycles. The molecule has 138 valence electrons. The van der Waals surface area contributed by atoms with Crippen LogP contribution in [0, 0.1) is 17.7 Å². The first-order chi connectivity index (χ1) is 12.5. The van der Waals surface area contributed by atoms with E-state index >= 15 is 0 Å². The number of carbonyl (C=O) groups is 3. The van der Waals surface area contributed by atoms with Gasteiger partial charge in [-0.1, -0.05) is 18.2 Å². The predicted molar refractivity (Wildman–Crippen MR) is 89.4 cm³/mol. The number of methoxy groups -OCH3 is 1. The number of rotatable bonds is 6. The van der Waals surface area contributed by atoms with Gasteiger partial charge in [-0.3, -0.25) is 19.3 Å². The number of benzene rings is 1. The zero-order valence-corrected chi connectivity index (χ0v) is 14.4. The molecule has 3 rings (SSSR count). The second-order valence-electron chi connectivity index (χ2n) is 6.36. The number of hydrogen-bond acceptors (Lipinski definition) is 5. The summed E-state index contributed by atoms with van der Waals surface area (Å²) in [7, 11) is 1.37. The Hall–Kier alpha value is -2.70. The van der Waals surface area contributed by atoms with E-state index in [2.05, 4.69) is 0 Å². The van der Waals surface area contributed by atoms with Gasteiger partial charge in [-0.25, -0.2) is 4.39 Å². The van der Waals surface area contributed by atoms with Crippen molar-refractivity contribution in [1.82, 2.24) is 4.90 Å². The Bertz CT molecular complexity index is 734. The van der Waals surface area contributed by atoms with Gasteiger partial charge in [0.1, 0.15) is 6.61 Å². The standard InChI is InChI=1S/C19H20FNO5/c1-25-16-7-6-12(10-15(16)20)11-26-17(22)8-9-21-18(23)13-4-2-3-5-14(13)19(21)24/h2-3,6-7,10,13-14H,4-5,8-9,11H2,1H3/t13-,14-/m0/s1. The van der Waals surface area contributed by atoms with E-state index in [1.807, 2.05) is 12.2 Å². The number of carbonyl (C=O) groups excluding carboxylic acids is 3. The summed E-state index contributed by atoms with van der Waals surface area (Å²) in [5.41, 5.74) is 0.488. The van der Waals surface area contributed by atoms with Crippen LogP contribution in [0.4, 0.5) is 4.39 Å². The molecule has 1 fully saturated rings. The Morgan fingerprint density at radius 3 is 2.42 bits per heavy atom. The van der Waals surface area contributed by atoms with E-state index in [1.54, 1.807) is 6.07 Å². The lowest BCUT2D eigenvalue weighted by atomic mass is 9.85. The monoisotopic (exact) mass is 361 g/mol. The largest absolute Gasteiger partial charge is 0.494 e. The van der Waals surface area contributed by atoms with Crippen molar-refractivity contribution in [2.75, 3.05) is 13.7 Å². The van der Waals surface area contributed by atoms with Gasteiger partial charge in [0.2, 0.25) is 11.8 Å². The number of likely N-dealkylation sites (tertiary alicyclic amines) is 1. The first-order valence-electron chi connectivity index (χ1n) is 8.49. The fourth-order valence-electron chi connectivity index (χ4n) is 3.33. The SMILES string of the molecule is COc1ccc(COC(=O)CCN2C(=O)[C@H]3CC=CC[C@@H]3C2=O)cc1F. The maximum absolute atomic E-state index is 13.6. The van der Waals surface area contributed by atoms with Crippen LogP contribution in [-0.2, 0) is 25.7 Å². The highest BCUT2D eigenvalue weighted by atomic mass is 19.1. The molecule has 2 aliphatic rings. The van der Waals surface area contributed by atoms with Gasteiger partial charge >= 0.3 is 5.97 Å².